The number of aliphatic carboxylic acids is 1. The third-order valence-electron chi connectivity index (χ3n) is 2.64. The second-order valence-corrected chi connectivity index (χ2v) is 4.51. The summed E-state index contributed by atoms with van der Waals surface area (Å²) < 4.78 is 0. The summed E-state index contributed by atoms with van der Waals surface area (Å²) in [6, 6.07) is 7.09. The number of hydrogen-bond acceptors (Lipinski definition) is 2. The standard InChI is InChI=1S/C14H16ClNO3/c1-2-11(14(18)19)9-16-13(17)7-6-10-4-3-5-12(15)8-10/h3-8,11H,2,9H2,1H3,(H,16,17)(H,18,19). The molecule has 0 radical (unpaired) electrons. The first kappa shape index (κ1) is 15.2. The Balaban J connectivity index is 2.49. The van der Waals surface area contributed by atoms with Gasteiger partial charge in [0.1, 0.15) is 0 Å². The molecule has 0 aliphatic rings. The molecule has 0 spiro atoms. The van der Waals surface area contributed by atoms with Crippen molar-refractivity contribution in [2.75, 3.05) is 6.54 Å². The zero-order valence-electron chi connectivity index (χ0n) is 10.6. The van der Waals surface area contributed by atoms with Gasteiger partial charge < -0.3 is 10.4 Å². The lowest BCUT2D eigenvalue weighted by Crippen LogP contribution is -2.31. The topological polar surface area (TPSA) is 66.4 Å². The van der Waals surface area contributed by atoms with Crippen molar-refractivity contribution >= 4 is 29.6 Å². The van der Waals surface area contributed by atoms with Crippen LogP contribution in [0.2, 0.25) is 5.02 Å². The summed E-state index contributed by atoms with van der Waals surface area (Å²) in [4.78, 5) is 22.3. The fraction of sp³-hybridized carbons (Fsp3) is 0.286. The molecule has 0 aromatic heterocycles. The Hall–Kier alpha value is -1.81. The SMILES string of the molecule is CCC(CNC(=O)C=Cc1cccc(Cl)c1)C(=O)O. The van der Waals surface area contributed by atoms with Gasteiger partial charge in [0.15, 0.2) is 0 Å². The fourth-order valence-corrected chi connectivity index (χ4v) is 1.67. The van der Waals surface area contributed by atoms with Gasteiger partial charge in [-0.25, -0.2) is 0 Å². The molecule has 0 heterocycles. The van der Waals surface area contributed by atoms with E-state index >= 15 is 0 Å². The van der Waals surface area contributed by atoms with Crippen molar-refractivity contribution in [3.8, 4) is 0 Å². The number of hydrogen-bond donors (Lipinski definition) is 2. The molecule has 1 aromatic rings. The minimum absolute atomic E-state index is 0.130. The van der Waals surface area contributed by atoms with Crippen molar-refractivity contribution in [2.45, 2.75) is 13.3 Å². The largest absolute Gasteiger partial charge is 0.481 e. The molecule has 1 atom stereocenters. The van der Waals surface area contributed by atoms with Crippen molar-refractivity contribution in [3.63, 3.8) is 0 Å². The van der Waals surface area contributed by atoms with Crippen LogP contribution in [0.25, 0.3) is 6.08 Å². The van der Waals surface area contributed by atoms with Gasteiger partial charge in [-0.05, 0) is 30.2 Å². The summed E-state index contributed by atoms with van der Waals surface area (Å²) in [5, 5.41) is 12.0. The predicted octanol–water partition coefficient (Wildman–Crippen LogP) is 2.58. The van der Waals surface area contributed by atoms with Gasteiger partial charge in [0, 0.05) is 17.6 Å². The average molecular weight is 282 g/mol. The Morgan fingerprint density at radius 2 is 2.21 bits per heavy atom. The smallest absolute Gasteiger partial charge is 0.308 e. The molecule has 4 nitrogen and oxygen atoms in total. The molecule has 5 heteroatoms. The van der Waals surface area contributed by atoms with Crippen molar-refractivity contribution in [2.24, 2.45) is 5.92 Å². The number of halogens is 1. The summed E-state index contributed by atoms with van der Waals surface area (Å²) in [6.45, 7) is 1.90. The molecule has 1 amide bonds. The first-order chi connectivity index (χ1) is 9.02. The zero-order chi connectivity index (χ0) is 14.3. The van der Waals surface area contributed by atoms with E-state index in [1.54, 1.807) is 31.2 Å². The van der Waals surface area contributed by atoms with Gasteiger partial charge in [-0.2, -0.15) is 0 Å². The van der Waals surface area contributed by atoms with Gasteiger partial charge in [-0.3, -0.25) is 9.59 Å². The average Bonchev–Trinajstić information content (AvgIpc) is 2.37. The quantitative estimate of drug-likeness (QED) is 0.788. The van der Waals surface area contributed by atoms with Crippen molar-refractivity contribution in [1.29, 1.82) is 0 Å². The zero-order valence-corrected chi connectivity index (χ0v) is 11.4. The molecule has 1 rings (SSSR count). The Morgan fingerprint density at radius 3 is 2.79 bits per heavy atom. The van der Waals surface area contributed by atoms with Crippen LogP contribution in [0.1, 0.15) is 18.9 Å². The first-order valence-electron chi connectivity index (χ1n) is 5.97. The van der Waals surface area contributed by atoms with Gasteiger partial charge in [-0.1, -0.05) is 30.7 Å². The van der Waals surface area contributed by atoms with Crippen LogP contribution in [0.5, 0.6) is 0 Å². The van der Waals surface area contributed by atoms with Crippen molar-refractivity contribution in [3.05, 3.63) is 40.9 Å². The molecule has 1 unspecified atom stereocenters. The molecular formula is C14H16ClNO3. The van der Waals surface area contributed by atoms with Crippen molar-refractivity contribution < 1.29 is 14.7 Å². The second kappa shape index (κ2) is 7.59. The third kappa shape index (κ3) is 5.57. The van der Waals surface area contributed by atoms with Crippen LogP contribution in [0.15, 0.2) is 30.3 Å². The number of rotatable bonds is 6. The first-order valence-corrected chi connectivity index (χ1v) is 6.35. The molecule has 2 N–H and O–H groups in total. The molecule has 19 heavy (non-hydrogen) atoms. The van der Waals surface area contributed by atoms with E-state index in [4.69, 9.17) is 16.7 Å². The third-order valence-corrected chi connectivity index (χ3v) is 2.88. The lowest BCUT2D eigenvalue weighted by atomic mass is 10.1. The van der Waals surface area contributed by atoms with Crippen LogP contribution in [0, 0.1) is 5.92 Å². The Morgan fingerprint density at radius 1 is 1.47 bits per heavy atom. The predicted molar refractivity (Wildman–Crippen MR) is 74.9 cm³/mol. The number of carbonyl (C=O) groups excluding carboxylic acids is 1. The molecule has 0 bridgehead atoms. The molecule has 1 aromatic carbocycles. The fourth-order valence-electron chi connectivity index (χ4n) is 1.47. The number of carbonyl (C=O) groups is 2. The lowest BCUT2D eigenvalue weighted by Gasteiger charge is -2.09. The van der Waals surface area contributed by atoms with Gasteiger partial charge >= 0.3 is 5.97 Å². The number of nitrogens with one attached hydrogen (secondary N) is 1. The van der Waals surface area contributed by atoms with Gasteiger partial charge in [0.05, 0.1) is 5.92 Å². The van der Waals surface area contributed by atoms with E-state index in [0.717, 1.165) is 5.56 Å². The molecule has 0 aliphatic heterocycles. The summed E-state index contributed by atoms with van der Waals surface area (Å²) >= 11 is 5.82. The lowest BCUT2D eigenvalue weighted by molar-refractivity contribution is -0.141. The van der Waals surface area contributed by atoms with E-state index in [1.165, 1.54) is 6.08 Å². The van der Waals surface area contributed by atoms with Crippen LogP contribution < -0.4 is 5.32 Å². The van der Waals surface area contributed by atoms with E-state index in [2.05, 4.69) is 5.32 Å². The number of carboxylic acids is 1. The number of carboxylic acid groups (broad SMARTS) is 1. The Bertz CT molecular complexity index is 485. The summed E-state index contributed by atoms with van der Waals surface area (Å²) in [5.41, 5.74) is 0.813. The summed E-state index contributed by atoms with van der Waals surface area (Å²) in [5.74, 6) is -1.77. The van der Waals surface area contributed by atoms with E-state index in [1.807, 2.05) is 6.07 Å². The van der Waals surface area contributed by atoms with E-state index in [-0.39, 0.29) is 12.5 Å². The number of amides is 1. The highest BCUT2D eigenvalue weighted by atomic mass is 35.5. The maximum absolute atomic E-state index is 11.5. The van der Waals surface area contributed by atoms with Crippen LogP contribution in [-0.2, 0) is 9.59 Å². The minimum atomic E-state index is -0.901. The van der Waals surface area contributed by atoms with Crippen LogP contribution in [0.4, 0.5) is 0 Å². The highest BCUT2D eigenvalue weighted by Crippen LogP contribution is 2.11. The molecule has 0 aliphatic carbocycles. The minimum Gasteiger partial charge on any atom is -0.481 e. The van der Waals surface area contributed by atoms with Crippen LogP contribution >= 0.6 is 11.6 Å². The van der Waals surface area contributed by atoms with E-state index < -0.39 is 11.9 Å². The molecule has 0 fully saturated rings. The normalized spacial score (nSPS) is 12.3. The summed E-state index contributed by atoms with van der Waals surface area (Å²) in [6.07, 6.45) is 3.47. The molecule has 0 saturated heterocycles. The van der Waals surface area contributed by atoms with Gasteiger partial charge in [-0.15, -0.1) is 0 Å². The Kier molecular flexibility index (Phi) is 6.09. The summed E-state index contributed by atoms with van der Waals surface area (Å²) in [7, 11) is 0. The maximum Gasteiger partial charge on any atom is 0.308 e. The highest BCUT2D eigenvalue weighted by molar-refractivity contribution is 6.30. The highest BCUT2D eigenvalue weighted by Gasteiger charge is 2.14. The number of benzene rings is 1. The molecule has 102 valence electrons. The Labute approximate surface area is 117 Å². The molecule has 0 saturated carbocycles. The van der Waals surface area contributed by atoms with E-state index in [9.17, 15) is 9.59 Å². The maximum atomic E-state index is 11.5. The van der Waals surface area contributed by atoms with Gasteiger partial charge in [0.25, 0.3) is 0 Å². The van der Waals surface area contributed by atoms with Crippen LogP contribution in [0.3, 0.4) is 0 Å². The second-order valence-electron chi connectivity index (χ2n) is 4.08. The van der Waals surface area contributed by atoms with Crippen molar-refractivity contribution in [1.82, 2.24) is 5.32 Å². The monoisotopic (exact) mass is 281 g/mol. The molecular weight excluding hydrogens is 266 g/mol. The van der Waals surface area contributed by atoms with E-state index in [0.29, 0.717) is 11.4 Å². The van der Waals surface area contributed by atoms with Gasteiger partial charge in [0.2, 0.25) is 5.91 Å². The van der Waals surface area contributed by atoms with Crippen LogP contribution in [-0.4, -0.2) is 23.5 Å².